The maximum absolute atomic E-state index is 10.8. The van der Waals surface area contributed by atoms with Gasteiger partial charge in [0.25, 0.3) is 0 Å². The fourth-order valence-corrected chi connectivity index (χ4v) is 0.705. The van der Waals surface area contributed by atoms with Gasteiger partial charge in [0, 0.05) is 0 Å². The summed E-state index contributed by atoms with van der Waals surface area (Å²) >= 11 is 0. The highest BCUT2D eigenvalue weighted by molar-refractivity contribution is 5.75. The lowest BCUT2D eigenvalue weighted by atomic mass is 10.1. The van der Waals surface area contributed by atoms with Crippen LogP contribution in [0.4, 0.5) is 0 Å². The molecule has 0 aliphatic rings. The van der Waals surface area contributed by atoms with E-state index in [1.165, 1.54) is 12.2 Å². The van der Waals surface area contributed by atoms with E-state index in [2.05, 4.69) is 21.5 Å². The molecule has 0 aromatic carbocycles. The Bertz CT molecular complexity index is 215. The van der Waals surface area contributed by atoms with Crippen LogP contribution in [0.3, 0.4) is 0 Å². The fraction of sp³-hybridized carbons (Fsp3) is 0.500. The third-order valence-electron chi connectivity index (χ3n) is 1.66. The zero-order chi connectivity index (χ0) is 11.1. The molecule has 0 radical (unpaired) electrons. The molecule has 0 aliphatic heterocycles. The van der Waals surface area contributed by atoms with Gasteiger partial charge in [-0.1, -0.05) is 12.2 Å². The Kier molecular flexibility index (Phi) is 5.50. The minimum absolute atomic E-state index is 0.506. The van der Waals surface area contributed by atoms with Gasteiger partial charge in [0.1, 0.15) is 0 Å². The first-order chi connectivity index (χ1) is 6.52. The molecule has 0 amide bonds. The van der Waals surface area contributed by atoms with Crippen LogP contribution in [-0.4, -0.2) is 11.9 Å². The van der Waals surface area contributed by atoms with E-state index in [1.807, 2.05) is 0 Å². The second kappa shape index (κ2) is 6.11. The van der Waals surface area contributed by atoms with Crippen molar-refractivity contribution >= 4 is 11.9 Å². The molecule has 0 aromatic rings. The maximum atomic E-state index is 10.8. The van der Waals surface area contributed by atoms with Gasteiger partial charge in [0.15, 0.2) is 0 Å². The average Bonchev–Trinajstić information content (AvgIpc) is 2.22. The Morgan fingerprint density at radius 3 is 1.50 bits per heavy atom. The molecule has 6 nitrogen and oxygen atoms in total. The zero-order valence-electron chi connectivity index (χ0n) is 8.10. The molecule has 0 rings (SSSR count). The molecule has 14 heavy (non-hydrogen) atoms. The molecular weight excluding hydrogens is 188 g/mol. The van der Waals surface area contributed by atoms with Gasteiger partial charge in [-0.3, -0.25) is 0 Å². The van der Waals surface area contributed by atoms with Crippen molar-refractivity contribution in [2.75, 3.05) is 0 Å². The number of carbonyl (C=O) groups excluding carboxylic acids is 2. The normalized spacial score (nSPS) is 14.9. The molecule has 0 heterocycles. The lowest BCUT2D eigenvalue weighted by molar-refractivity contribution is -0.148. The third kappa shape index (κ3) is 4.01. The van der Waals surface area contributed by atoms with Crippen molar-refractivity contribution in [1.29, 1.82) is 0 Å². The van der Waals surface area contributed by atoms with Gasteiger partial charge in [0.05, 0.1) is 11.8 Å². The topological polar surface area (TPSA) is 105 Å². The van der Waals surface area contributed by atoms with Gasteiger partial charge in [-0.15, -0.1) is 0 Å². The van der Waals surface area contributed by atoms with Crippen molar-refractivity contribution < 1.29 is 19.3 Å². The first-order valence-electron chi connectivity index (χ1n) is 4.02. The average molecular weight is 202 g/mol. The van der Waals surface area contributed by atoms with Crippen molar-refractivity contribution in [3.05, 3.63) is 12.2 Å². The van der Waals surface area contributed by atoms with Gasteiger partial charge < -0.3 is 9.68 Å². The van der Waals surface area contributed by atoms with E-state index in [-0.39, 0.29) is 0 Å². The van der Waals surface area contributed by atoms with E-state index >= 15 is 0 Å². The minimum atomic E-state index is -0.574. The lowest BCUT2D eigenvalue weighted by Crippen LogP contribution is -2.19. The lowest BCUT2D eigenvalue weighted by Gasteiger charge is -2.04. The van der Waals surface area contributed by atoms with Crippen molar-refractivity contribution in [3.63, 3.8) is 0 Å². The highest BCUT2D eigenvalue weighted by Crippen LogP contribution is 2.04. The highest BCUT2D eigenvalue weighted by atomic mass is 16.7. The molecule has 0 aromatic heterocycles. The number of hydrogen-bond acceptors (Lipinski definition) is 6. The number of hydrogen-bond donors (Lipinski definition) is 2. The van der Waals surface area contributed by atoms with Crippen LogP contribution in [0.15, 0.2) is 12.2 Å². The monoisotopic (exact) mass is 202 g/mol. The molecule has 0 saturated heterocycles. The van der Waals surface area contributed by atoms with Crippen molar-refractivity contribution in [3.8, 4) is 0 Å². The van der Waals surface area contributed by atoms with Crippen LogP contribution >= 0.6 is 0 Å². The summed E-state index contributed by atoms with van der Waals surface area (Å²) in [6.45, 7) is 3.18. The van der Waals surface area contributed by atoms with Gasteiger partial charge in [0.2, 0.25) is 0 Å². The van der Waals surface area contributed by atoms with E-state index < -0.39 is 23.8 Å². The molecule has 0 spiro atoms. The van der Waals surface area contributed by atoms with Gasteiger partial charge in [-0.05, 0) is 13.8 Å². The second-order valence-corrected chi connectivity index (χ2v) is 2.84. The predicted octanol–water partition coefficient (Wildman–Crippen LogP) is -0.351. The Labute approximate surface area is 81.7 Å². The summed E-state index contributed by atoms with van der Waals surface area (Å²) in [5.41, 5.74) is 0. The Balaban J connectivity index is 4.16. The first-order valence-corrected chi connectivity index (χ1v) is 4.02. The number of carbonyl (C=O) groups is 2. The molecule has 0 fully saturated rings. The van der Waals surface area contributed by atoms with Crippen LogP contribution in [-0.2, 0) is 19.3 Å². The maximum Gasteiger partial charge on any atom is 0.330 e. The minimum Gasteiger partial charge on any atom is -0.373 e. The van der Waals surface area contributed by atoms with Crippen LogP contribution in [0, 0.1) is 11.8 Å². The van der Waals surface area contributed by atoms with E-state index in [4.69, 9.17) is 0 Å². The van der Waals surface area contributed by atoms with E-state index in [1.54, 1.807) is 13.8 Å². The van der Waals surface area contributed by atoms with Crippen LogP contribution in [0.1, 0.15) is 13.8 Å². The Morgan fingerprint density at radius 2 is 1.29 bits per heavy atom. The van der Waals surface area contributed by atoms with Crippen molar-refractivity contribution in [2.24, 2.45) is 23.6 Å². The van der Waals surface area contributed by atoms with Crippen LogP contribution in [0.2, 0.25) is 0 Å². The van der Waals surface area contributed by atoms with Crippen LogP contribution < -0.4 is 11.8 Å². The predicted molar refractivity (Wildman–Crippen MR) is 48.0 cm³/mol. The number of rotatable bonds is 4. The van der Waals surface area contributed by atoms with E-state index in [0.29, 0.717) is 0 Å². The van der Waals surface area contributed by atoms with Crippen molar-refractivity contribution in [1.82, 2.24) is 0 Å². The fourth-order valence-electron chi connectivity index (χ4n) is 0.705. The summed E-state index contributed by atoms with van der Waals surface area (Å²) in [5.74, 6) is 7.18. The number of nitrogens with two attached hydrogens (primary N) is 2. The molecule has 4 N–H and O–H groups in total. The highest BCUT2D eigenvalue weighted by Gasteiger charge is 2.13. The quantitative estimate of drug-likeness (QED) is 0.477. The summed E-state index contributed by atoms with van der Waals surface area (Å²) in [7, 11) is 0. The van der Waals surface area contributed by atoms with Crippen LogP contribution in [0.5, 0.6) is 0 Å². The third-order valence-corrected chi connectivity index (χ3v) is 1.66. The van der Waals surface area contributed by atoms with Gasteiger partial charge in [-0.25, -0.2) is 9.59 Å². The SMILES string of the molecule is CC(/C=C/C(C)C(=O)ON)C(=O)ON. The molecule has 0 saturated carbocycles. The molecule has 0 aliphatic carbocycles. The summed E-state index contributed by atoms with van der Waals surface area (Å²) < 4.78 is 0. The van der Waals surface area contributed by atoms with Crippen molar-refractivity contribution in [2.45, 2.75) is 13.8 Å². The standard InChI is InChI=1S/C8H14N2O4/c1-5(7(11)13-9)3-4-6(2)8(12)14-10/h3-6H,9-10H2,1-2H3/b4-3+. The summed E-state index contributed by atoms with van der Waals surface area (Å²) in [6.07, 6.45) is 2.99. The Morgan fingerprint density at radius 1 is 1.00 bits per heavy atom. The summed E-state index contributed by atoms with van der Waals surface area (Å²) in [6, 6.07) is 0. The molecule has 2 atom stereocenters. The Hall–Kier alpha value is -1.40. The van der Waals surface area contributed by atoms with Gasteiger partial charge in [-0.2, -0.15) is 11.8 Å². The summed E-state index contributed by atoms with van der Waals surface area (Å²) in [5, 5.41) is 0. The van der Waals surface area contributed by atoms with E-state index in [0.717, 1.165) is 0 Å². The van der Waals surface area contributed by atoms with E-state index in [9.17, 15) is 9.59 Å². The van der Waals surface area contributed by atoms with Crippen LogP contribution in [0.25, 0.3) is 0 Å². The smallest absolute Gasteiger partial charge is 0.330 e. The first kappa shape index (κ1) is 12.6. The molecular formula is C8H14N2O4. The molecule has 80 valence electrons. The molecule has 2 unspecified atom stereocenters. The largest absolute Gasteiger partial charge is 0.373 e. The molecule has 6 heteroatoms. The zero-order valence-corrected chi connectivity index (χ0v) is 8.10. The second-order valence-electron chi connectivity index (χ2n) is 2.84. The van der Waals surface area contributed by atoms with Gasteiger partial charge >= 0.3 is 11.9 Å². The molecule has 0 bridgehead atoms. The summed E-state index contributed by atoms with van der Waals surface area (Å²) in [4.78, 5) is 29.6.